The molecule has 3 aromatic rings. The van der Waals surface area contributed by atoms with Crippen LogP contribution in [0.4, 0.5) is 4.39 Å². The zero-order valence-corrected chi connectivity index (χ0v) is 16.4. The predicted molar refractivity (Wildman–Crippen MR) is 106 cm³/mol. The summed E-state index contributed by atoms with van der Waals surface area (Å²) in [5.74, 6) is -0.360. The number of fused-ring (bicyclic) bond motifs is 1. The lowest BCUT2D eigenvalue weighted by Crippen LogP contribution is -2.42. The lowest BCUT2D eigenvalue weighted by molar-refractivity contribution is -0.121. The molecule has 1 heterocycles. The lowest BCUT2D eigenvalue weighted by atomic mass is 10.1. The van der Waals surface area contributed by atoms with Crippen molar-refractivity contribution < 1.29 is 23.5 Å². The smallest absolute Gasteiger partial charge is 0.269 e. The molecule has 0 spiro atoms. The minimum absolute atomic E-state index is 0.0117. The second-order valence-electron chi connectivity index (χ2n) is 6.40. The molecule has 8 heteroatoms. The van der Waals surface area contributed by atoms with Crippen molar-refractivity contribution in [2.75, 3.05) is 13.7 Å². The number of H-pyrrole nitrogens is 1. The van der Waals surface area contributed by atoms with E-state index in [0.717, 1.165) is 11.2 Å². The summed E-state index contributed by atoms with van der Waals surface area (Å²) in [6.07, 6.45) is -0.0117. The summed E-state index contributed by atoms with van der Waals surface area (Å²) in [5, 5.41) is 0.639. The highest BCUT2D eigenvalue weighted by molar-refractivity contribution is 5.96. The molecule has 0 saturated carbocycles. The van der Waals surface area contributed by atoms with Gasteiger partial charge in [0.15, 0.2) is 11.5 Å². The molecule has 0 bridgehead atoms. The number of hydrazine groups is 1. The molecule has 3 rings (SSSR count). The Morgan fingerprint density at radius 3 is 2.62 bits per heavy atom. The summed E-state index contributed by atoms with van der Waals surface area (Å²) < 4.78 is 24.2. The molecular weight excluding hydrogens is 377 g/mol. The van der Waals surface area contributed by atoms with Gasteiger partial charge in [-0.3, -0.25) is 20.4 Å². The molecule has 0 fully saturated rings. The van der Waals surface area contributed by atoms with Crippen molar-refractivity contribution >= 4 is 22.7 Å². The molecule has 0 radical (unpaired) electrons. The largest absolute Gasteiger partial charge is 0.493 e. The van der Waals surface area contributed by atoms with Gasteiger partial charge in [0.05, 0.1) is 20.1 Å². The van der Waals surface area contributed by atoms with Crippen molar-refractivity contribution in [1.29, 1.82) is 0 Å². The average Bonchev–Trinajstić information content (AvgIpc) is 3.01. The number of aromatic nitrogens is 1. The summed E-state index contributed by atoms with van der Waals surface area (Å²) in [6.45, 7) is 4.12. The summed E-state index contributed by atoms with van der Waals surface area (Å²) >= 11 is 0. The van der Waals surface area contributed by atoms with Crippen molar-refractivity contribution in [3.63, 3.8) is 0 Å². The first kappa shape index (κ1) is 20.2. The van der Waals surface area contributed by atoms with Crippen LogP contribution in [0.3, 0.4) is 0 Å². The first-order chi connectivity index (χ1) is 13.9. The van der Waals surface area contributed by atoms with Gasteiger partial charge < -0.3 is 14.5 Å². The minimum Gasteiger partial charge on any atom is -0.493 e. The normalized spacial score (nSPS) is 10.6. The molecule has 0 aliphatic rings. The molecular formula is C21H22FN3O4. The van der Waals surface area contributed by atoms with E-state index in [-0.39, 0.29) is 12.2 Å². The Bertz CT molecular complexity index is 1060. The highest BCUT2D eigenvalue weighted by atomic mass is 19.1. The Kier molecular flexibility index (Phi) is 6.01. The third-order valence-electron chi connectivity index (χ3n) is 4.46. The minimum atomic E-state index is -0.499. The van der Waals surface area contributed by atoms with Gasteiger partial charge in [-0.25, -0.2) is 4.39 Å². The molecule has 29 heavy (non-hydrogen) atoms. The maximum absolute atomic E-state index is 13.6. The standard InChI is InChI=1S/C21H22FN3O4/c1-4-29-18-8-5-13(9-19(18)28-3)21(27)25-24-20(26)11-15-12(2)23-17-7-6-14(22)10-16(15)17/h5-10,23H,4,11H2,1-3H3,(H,24,26)(H,25,27). The van der Waals surface area contributed by atoms with Crippen molar-refractivity contribution in [1.82, 2.24) is 15.8 Å². The van der Waals surface area contributed by atoms with E-state index in [9.17, 15) is 14.0 Å². The van der Waals surface area contributed by atoms with Crippen LogP contribution in [-0.4, -0.2) is 30.5 Å². The van der Waals surface area contributed by atoms with Crippen LogP contribution in [0, 0.1) is 12.7 Å². The lowest BCUT2D eigenvalue weighted by Gasteiger charge is -2.12. The molecule has 2 aromatic carbocycles. The average molecular weight is 399 g/mol. The number of hydrogen-bond donors (Lipinski definition) is 3. The zero-order chi connectivity index (χ0) is 21.0. The van der Waals surface area contributed by atoms with Gasteiger partial charge in [-0.1, -0.05) is 0 Å². The monoisotopic (exact) mass is 399 g/mol. The van der Waals surface area contributed by atoms with Gasteiger partial charge in [-0.15, -0.1) is 0 Å². The summed E-state index contributed by atoms with van der Waals surface area (Å²) in [7, 11) is 1.48. The number of halogens is 1. The molecule has 2 amide bonds. The number of amides is 2. The number of ether oxygens (including phenoxy) is 2. The van der Waals surface area contributed by atoms with Gasteiger partial charge in [-0.2, -0.15) is 0 Å². The fraction of sp³-hybridized carbons (Fsp3) is 0.238. The fourth-order valence-corrected chi connectivity index (χ4v) is 3.07. The topological polar surface area (TPSA) is 92.5 Å². The maximum atomic E-state index is 13.6. The number of aromatic amines is 1. The van der Waals surface area contributed by atoms with Crippen LogP contribution in [0.1, 0.15) is 28.5 Å². The van der Waals surface area contributed by atoms with Crippen LogP contribution in [0.5, 0.6) is 11.5 Å². The third kappa shape index (κ3) is 4.48. The van der Waals surface area contributed by atoms with Crippen LogP contribution < -0.4 is 20.3 Å². The van der Waals surface area contributed by atoms with E-state index in [1.807, 2.05) is 13.8 Å². The number of benzene rings is 2. The van der Waals surface area contributed by atoms with E-state index in [4.69, 9.17) is 9.47 Å². The van der Waals surface area contributed by atoms with E-state index >= 15 is 0 Å². The number of rotatable bonds is 6. The highest BCUT2D eigenvalue weighted by Crippen LogP contribution is 2.28. The van der Waals surface area contributed by atoms with Crippen molar-refractivity contribution in [3.8, 4) is 11.5 Å². The van der Waals surface area contributed by atoms with Gasteiger partial charge in [-0.05, 0) is 55.8 Å². The molecule has 3 N–H and O–H groups in total. The SMILES string of the molecule is CCOc1ccc(C(=O)NNC(=O)Cc2c(C)[nH]c3ccc(F)cc23)cc1OC. The zero-order valence-electron chi connectivity index (χ0n) is 16.4. The van der Waals surface area contributed by atoms with Gasteiger partial charge in [0.1, 0.15) is 5.82 Å². The van der Waals surface area contributed by atoms with Gasteiger partial charge in [0, 0.05) is 22.2 Å². The molecule has 0 unspecified atom stereocenters. The second-order valence-corrected chi connectivity index (χ2v) is 6.40. The van der Waals surface area contributed by atoms with Crippen molar-refractivity contribution in [2.45, 2.75) is 20.3 Å². The van der Waals surface area contributed by atoms with E-state index in [1.165, 1.54) is 25.3 Å². The molecule has 0 aliphatic heterocycles. The van der Waals surface area contributed by atoms with Gasteiger partial charge in [0.2, 0.25) is 5.91 Å². The van der Waals surface area contributed by atoms with E-state index in [1.54, 1.807) is 18.2 Å². The van der Waals surface area contributed by atoms with E-state index in [2.05, 4.69) is 15.8 Å². The van der Waals surface area contributed by atoms with Crippen LogP contribution in [-0.2, 0) is 11.2 Å². The number of carbonyl (C=O) groups is 2. The van der Waals surface area contributed by atoms with E-state index < -0.39 is 11.8 Å². The Morgan fingerprint density at radius 2 is 1.90 bits per heavy atom. The molecule has 1 aromatic heterocycles. The highest BCUT2D eigenvalue weighted by Gasteiger charge is 2.15. The van der Waals surface area contributed by atoms with Crippen LogP contribution in [0.25, 0.3) is 10.9 Å². The maximum Gasteiger partial charge on any atom is 0.269 e. The van der Waals surface area contributed by atoms with E-state index in [0.29, 0.717) is 34.6 Å². The van der Waals surface area contributed by atoms with Gasteiger partial charge in [0.25, 0.3) is 5.91 Å². The molecule has 7 nitrogen and oxygen atoms in total. The molecule has 0 aliphatic carbocycles. The molecule has 0 atom stereocenters. The van der Waals surface area contributed by atoms with Crippen molar-refractivity contribution in [2.24, 2.45) is 0 Å². The van der Waals surface area contributed by atoms with Crippen molar-refractivity contribution in [3.05, 3.63) is 59.0 Å². The van der Waals surface area contributed by atoms with Crippen LogP contribution in [0.2, 0.25) is 0 Å². The number of nitrogens with one attached hydrogen (secondary N) is 3. The quantitative estimate of drug-likeness (QED) is 0.556. The summed E-state index contributed by atoms with van der Waals surface area (Å²) in [4.78, 5) is 27.8. The Labute approximate surface area is 167 Å². The first-order valence-electron chi connectivity index (χ1n) is 9.09. The number of methoxy groups -OCH3 is 1. The Balaban J connectivity index is 1.66. The Morgan fingerprint density at radius 1 is 1.10 bits per heavy atom. The van der Waals surface area contributed by atoms with Crippen LogP contribution in [0.15, 0.2) is 36.4 Å². The number of carbonyl (C=O) groups excluding carboxylic acids is 2. The molecule has 0 saturated heterocycles. The summed E-state index contributed by atoms with van der Waals surface area (Å²) in [6, 6.07) is 9.09. The second kappa shape index (κ2) is 8.64. The summed E-state index contributed by atoms with van der Waals surface area (Å²) in [5.41, 5.74) is 7.25. The van der Waals surface area contributed by atoms with Gasteiger partial charge >= 0.3 is 0 Å². The predicted octanol–water partition coefficient (Wildman–Crippen LogP) is 3.03. The van der Waals surface area contributed by atoms with Crippen LogP contribution >= 0.6 is 0 Å². The Hall–Kier alpha value is -3.55. The number of hydrogen-bond acceptors (Lipinski definition) is 4. The third-order valence-corrected chi connectivity index (χ3v) is 4.46. The first-order valence-corrected chi connectivity index (χ1v) is 9.09. The number of aryl methyl sites for hydroxylation is 1. The molecule has 152 valence electrons. The fourth-order valence-electron chi connectivity index (χ4n) is 3.07.